The van der Waals surface area contributed by atoms with Crippen LogP contribution in [-0.2, 0) is 6.42 Å². The molecule has 1 unspecified atom stereocenters. The van der Waals surface area contributed by atoms with Gasteiger partial charge in [0.15, 0.2) is 0 Å². The molecular weight excluding hydrogens is 222 g/mol. The second-order valence-corrected chi connectivity index (χ2v) is 4.91. The lowest BCUT2D eigenvalue weighted by molar-refractivity contribution is 0.470. The van der Waals surface area contributed by atoms with Crippen molar-refractivity contribution in [3.8, 4) is 0 Å². The van der Waals surface area contributed by atoms with Gasteiger partial charge in [-0.05, 0) is 50.3 Å². The smallest absolute Gasteiger partial charge is 0.126 e. The SMILES string of the molecule is CNC(CCc1cc(Cl)cnc1N)C1CC1. The highest BCUT2D eigenvalue weighted by Gasteiger charge is 2.29. The molecule has 1 fully saturated rings. The summed E-state index contributed by atoms with van der Waals surface area (Å²) in [7, 11) is 2.03. The third-order valence-electron chi connectivity index (χ3n) is 3.25. The van der Waals surface area contributed by atoms with Gasteiger partial charge in [0.1, 0.15) is 5.82 Å². The van der Waals surface area contributed by atoms with E-state index in [1.165, 1.54) is 12.8 Å². The van der Waals surface area contributed by atoms with Crippen LogP contribution in [0.25, 0.3) is 0 Å². The van der Waals surface area contributed by atoms with Crippen molar-refractivity contribution in [1.29, 1.82) is 0 Å². The number of nitrogens with one attached hydrogen (secondary N) is 1. The third-order valence-corrected chi connectivity index (χ3v) is 3.46. The molecule has 1 atom stereocenters. The highest BCUT2D eigenvalue weighted by Crippen LogP contribution is 2.34. The van der Waals surface area contributed by atoms with Crippen LogP contribution in [0.5, 0.6) is 0 Å². The summed E-state index contributed by atoms with van der Waals surface area (Å²) >= 11 is 5.91. The minimum atomic E-state index is 0.607. The van der Waals surface area contributed by atoms with E-state index in [0.717, 1.165) is 24.3 Å². The van der Waals surface area contributed by atoms with E-state index in [0.29, 0.717) is 16.9 Å². The summed E-state index contributed by atoms with van der Waals surface area (Å²) < 4.78 is 0. The van der Waals surface area contributed by atoms with E-state index in [4.69, 9.17) is 17.3 Å². The van der Waals surface area contributed by atoms with Crippen molar-refractivity contribution in [2.45, 2.75) is 31.7 Å². The number of aromatic nitrogens is 1. The van der Waals surface area contributed by atoms with Crippen molar-refractivity contribution < 1.29 is 0 Å². The second-order valence-electron chi connectivity index (χ2n) is 4.47. The Hall–Kier alpha value is -0.800. The zero-order valence-electron chi connectivity index (χ0n) is 9.54. The van der Waals surface area contributed by atoms with Crippen LogP contribution in [0, 0.1) is 5.92 Å². The van der Waals surface area contributed by atoms with Crippen LogP contribution in [0.1, 0.15) is 24.8 Å². The van der Waals surface area contributed by atoms with E-state index in [9.17, 15) is 0 Å². The summed E-state index contributed by atoms with van der Waals surface area (Å²) in [6, 6.07) is 2.53. The van der Waals surface area contributed by atoms with Crippen LogP contribution in [0.3, 0.4) is 0 Å². The molecule has 4 heteroatoms. The molecule has 1 aromatic heterocycles. The average molecular weight is 240 g/mol. The zero-order chi connectivity index (χ0) is 11.5. The maximum absolute atomic E-state index is 5.91. The zero-order valence-corrected chi connectivity index (χ0v) is 10.3. The Morgan fingerprint density at radius 1 is 1.62 bits per heavy atom. The first-order chi connectivity index (χ1) is 7.70. The first-order valence-electron chi connectivity index (χ1n) is 5.78. The van der Waals surface area contributed by atoms with Crippen molar-refractivity contribution in [2.24, 2.45) is 5.92 Å². The monoisotopic (exact) mass is 239 g/mol. The van der Waals surface area contributed by atoms with Crippen molar-refractivity contribution in [3.63, 3.8) is 0 Å². The lowest BCUT2D eigenvalue weighted by atomic mass is 10.0. The van der Waals surface area contributed by atoms with Gasteiger partial charge in [0.05, 0.1) is 5.02 Å². The van der Waals surface area contributed by atoms with Crippen LogP contribution in [-0.4, -0.2) is 18.1 Å². The molecule has 16 heavy (non-hydrogen) atoms. The van der Waals surface area contributed by atoms with Crippen LogP contribution in [0.2, 0.25) is 5.02 Å². The molecule has 0 aliphatic heterocycles. The molecule has 0 bridgehead atoms. The Bertz CT molecular complexity index is 363. The van der Waals surface area contributed by atoms with Gasteiger partial charge in [-0.2, -0.15) is 0 Å². The maximum atomic E-state index is 5.91. The number of nitrogens with two attached hydrogens (primary N) is 1. The summed E-state index contributed by atoms with van der Waals surface area (Å²) in [5, 5.41) is 4.04. The van der Waals surface area contributed by atoms with E-state index in [-0.39, 0.29) is 0 Å². The number of nitrogen functional groups attached to an aromatic ring is 1. The van der Waals surface area contributed by atoms with E-state index in [2.05, 4.69) is 10.3 Å². The lowest BCUT2D eigenvalue weighted by Gasteiger charge is -2.15. The highest BCUT2D eigenvalue weighted by atomic mass is 35.5. The van der Waals surface area contributed by atoms with Gasteiger partial charge in [0.2, 0.25) is 0 Å². The Labute approximate surface area is 101 Å². The molecular formula is C12H18ClN3. The number of hydrogen-bond donors (Lipinski definition) is 2. The van der Waals surface area contributed by atoms with Gasteiger partial charge in [-0.15, -0.1) is 0 Å². The normalized spacial score (nSPS) is 17.4. The highest BCUT2D eigenvalue weighted by molar-refractivity contribution is 6.30. The van der Waals surface area contributed by atoms with E-state index < -0.39 is 0 Å². The van der Waals surface area contributed by atoms with E-state index in [1.807, 2.05) is 13.1 Å². The fourth-order valence-electron chi connectivity index (χ4n) is 2.12. The largest absolute Gasteiger partial charge is 0.383 e. The van der Waals surface area contributed by atoms with Gasteiger partial charge < -0.3 is 11.1 Å². The molecule has 0 saturated heterocycles. The standard InChI is InChI=1S/C12H18ClN3/c1-15-11(8-2-3-8)5-4-9-6-10(13)7-16-12(9)14/h6-8,11,15H,2-5H2,1H3,(H2,14,16). The lowest BCUT2D eigenvalue weighted by Crippen LogP contribution is -2.27. The molecule has 1 aromatic rings. The minimum absolute atomic E-state index is 0.607. The number of pyridine rings is 1. The fraction of sp³-hybridized carbons (Fsp3) is 0.583. The van der Waals surface area contributed by atoms with Crippen molar-refractivity contribution in [2.75, 3.05) is 12.8 Å². The van der Waals surface area contributed by atoms with Gasteiger partial charge >= 0.3 is 0 Å². The first-order valence-corrected chi connectivity index (χ1v) is 6.15. The van der Waals surface area contributed by atoms with Crippen molar-refractivity contribution in [1.82, 2.24) is 10.3 Å². The molecule has 1 heterocycles. The van der Waals surface area contributed by atoms with Crippen LogP contribution in [0.4, 0.5) is 5.82 Å². The van der Waals surface area contributed by atoms with Gasteiger partial charge in [0, 0.05) is 12.2 Å². The van der Waals surface area contributed by atoms with Crippen LogP contribution < -0.4 is 11.1 Å². The number of rotatable bonds is 5. The van der Waals surface area contributed by atoms with Crippen molar-refractivity contribution >= 4 is 17.4 Å². The number of hydrogen-bond acceptors (Lipinski definition) is 3. The Morgan fingerprint density at radius 3 is 3.00 bits per heavy atom. The van der Waals surface area contributed by atoms with Gasteiger partial charge in [-0.1, -0.05) is 11.6 Å². The molecule has 2 rings (SSSR count). The van der Waals surface area contributed by atoms with E-state index in [1.54, 1.807) is 6.20 Å². The minimum Gasteiger partial charge on any atom is -0.383 e. The summed E-state index contributed by atoms with van der Waals surface area (Å²) in [5.74, 6) is 1.47. The summed E-state index contributed by atoms with van der Waals surface area (Å²) in [6.07, 6.45) is 6.36. The average Bonchev–Trinajstić information content (AvgIpc) is 3.08. The first kappa shape index (κ1) is 11.7. The molecule has 0 aromatic carbocycles. The molecule has 0 spiro atoms. The quantitative estimate of drug-likeness (QED) is 0.829. The second kappa shape index (κ2) is 5.02. The molecule has 88 valence electrons. The van der Waals surface area contributed by atoms with Crippen LogP contribution >= 0.6 is 11.6 Å². The predicted octanol–water partition coefficient (Wildman–Crippen LogP) is 2.25. The Morgan fingerprint density at radius 2 is 2.38 bits per heavy atom. The third kappa shape index (κ3) is 2.86. The number of anilines is 1. The number of halogens is 1. The summed E-state index contributed by atoms with van der Waals surface area (Å²) in [4.78, 5) is 4.07. The molecule has 1 aliphatic carbocycles. The Balaban J connectivity index is 1.95. The van der Waals surface area contributed by atoms with E-state index >= 15 is 0 Å². The molecule has 1 saturated carbocycles. The van der Waals surface area contributed by atoms with Gasteiger partial charge in [-0.25, -0.2) is 4.98 Å². The fourth-order valence-corrected chi connectivity index (χ4v) is 2.30. The number of nitrogens with zero attached hydrogens (tertiary/aromatic N) is 1. The topological polar surface area (TPSA) is 50.9 Å². The maximum Gasteiger partial charge on any atom is 0.126 e. The molecule has 3 nitrogen and oxygen atoms in total. The van der Waals surface area contributed by atoms with Gasteiger partial charge in [-0.3, -0.25) is 0 Å². The van der Waals surface area contributed by atoms with Gasteiger partial charge in [0.25, 0.3) is 0 Å². The van der Waals surface area contributed by atoms with Crippen molar-refractivity contribution in [3.05, 3.63) is 22.8 Å². The molecule has 0 amide bonds. The summed E-state index contributed by atoms with van der Waals surface area (Å²) in [6.45, 7) is 0. The molecule has 0 radical (unpaired) electrons. The Kier molecular flexibility index (Phi) is 3.66. The summed E-state index contributed by atoms with van der Waals surface area (Å²) in [5.41, 5.74) is 6.88. The predicted molar refractivity (Wildman–Crippen MR) is 67.6 cm³/mol. The number of aryl methyl sites for hydroxylation is 1. The van der Waals surface area contributed by atoms with Crippen LogP contribution in [0.15, 0.2) is 12.3 Å². The molecule has 3 N–H and O–H groups in total. The molecule has 1 aliphatic rings.